The highest BCUT2D eigenvalue weighted by Crippen LogP contribution is 2.32. The van der Waals surface area contributed by atoms with E-state index in [2.05, 4.69) is 22.9 Å². The van der Waals surface area contributed by atoms with Crippen LogP contribution in [-0.2, 0) is 24.2 Å². The molecular formula is C17H16BrFO2S. The molecule has 2 nitrogen and oxygen atoms in total. The number of hydrogen-bond donors (Lipinski definition) is 0. The summed E-state index contributed by atoms with van der Waals surface area (Å²) < 4.78 is 19.6. The summed E-state index contributed by atoms with van der Waals surface area (Å²) in [7, 11) is 0. The Morgan fingerprint density at radius 3 is 3.05 bits per heavy atom. The lowest BCUT2D eigenvalue weighted by molar-refractivity contribution is 0.0474. The van der Waals surface area contributed by atoms with Crippen molar-refractivity contribution in [2.45, 2.75) is 32.8 Å². The molecule has 0 fully saturated rings. The third-order valence-corrected chi connectivity index (χ3v) is 5.61. The minimum absolute atomic E-state index is 0.0447. The summed E-state index contributed by atoms with van der Waals surface area (Å²) in [4.78, 5) is 14.1. The molecule has 2 aromatic rings. The van der Waals surface area contributed by atoms with E-state index in [1.165, 1.54) is 34.3 Å². The van der Waals surface area contributed by atoms with Gasteiger partial charge in [-0.1, -0.05) is 28.9 Å². The molecule has 0 N–H and O–H groups in total. The Kier molecular flexibility index (Phi) is 4.64. The fraction of sp³-hybridized carbons (Fsp3) is 0.353. The molecule has 0 aliphatic heterocycles. The summed E-state index contributed by atoms with van der Waals surface area (Å²) in [5, 5.41) is 0. The van der Waals surface area contributed by atoms with Gasteiger partial charge in [-0.15, -0.1) is 11.3 Å². The van der Waals surface area contributed by atoms with Gasteiger partial charge < -0.3 is 4.74 Å². The summed E-state index contributed by atoms with van der Waals surface area (Å²) in [6, 6.07) is 6.66. The predicted molar refractivity (Wildman–Crippen MR) is 88.7 cm³/mol. The molecule has 1 aliphatic carbocycles. The Balaban J connectivity index is 1.67. The van der Waals surface area contributed by atoms with Crippen LogP contribution in [-0.4, -0.2) is 5.97 Å². The zero-order chi connectivity index (χ0) is 15.7. The van der Waals surface area contributed by atoms with Gasteiger partial charge in [0.25, 0.3) is 0 Å². The van der Waals surface area contributed by atoms with Crippen molar-refractivity contribution in [3.05, 3.63) is 55.4 Å². The van der Waals surface area contributed by atoms with Gasteiger partial charge in [0, 0.05) is 14.9 Å². The lowest BCUT2D eigenvalue weighted by atomic mass is 9.90. The van der Waals surface area contributed by atoms with Gasteiger partial charge >= 0.3 is 5.97 Å². The first-order valence-corrected chi connectivity index (χ1v) is 8.86. The largest absolute Gasteiger partial charge is 0.457 e. The highest BCUT2D eigenvalue weighted by molar-refractivity contribution is 9.10. The minimum atomic E-state index is -0.374. The van der Waals surface area contributed by atoms with Crippen LogP contribution in [0.25, 0.3) is 0 Å². The smallest absolute Gasteiger partial charge is 0.348 e. The molecule has 1 heterocycles. The second-order valence-corrected chi connectivity index (χ2v) is 7.77. The SMILES string of the molecule is C[C@@H]1CCc2sc(C(=O)OCc3ccc(Br)cc3F)cc2C1. The number of halogens is 2. The normalized spacial score (nSPS) is 17.1. The van der Waals surface area contributed by atoms with Gasteiger partial charge in [-0.3, -0.25) is 0 Å². The topological polar surface area (TPSA) is 26.3 Å². The van der Waals surface area contributed by atoms with Crippen molar-refractivity contribution in [3.8, 4) is 0 Å². The van der Waals surface area contributed by atoms with Gasteiger partial charge in [0.1, 0.15) is 17.3 Å². The number of carbonyl (C=O) groups is 1. The molecule has 0 amide bonds. The molecular weight excluding hydrogens is 367 g/mol. The van der Waals surface area contributed by atoms with Crippen molar-refractivity contribution >= 4 is 33.2 Å². The van der Waals surface area contributed by atoms with Gasteiger partial charge in [-0.2, -0.15) is 0 Å². The molecule has 0 saturated heterocycles. The lowest BCUT2D eigenvalue weighted by Gasteiger charge is -2.16. The second-order valence-electron chi connectivity index (χ2n) is 5.72. The molecule has 0 saturated carbocycles. The average molecular weight is 383 g/mol. The molecule has 22 heavy (non-hydrogen) atoms. The van der Waals surface area contributed by atoms with E-state index in [0.717, 1.165) is 12.8 Å². The fourth-order valence-corrected chi connectivity index (χ4v) is 4.09. The number of fused-ring (bicyclic) bond motifs is 1. The van der Waals surface area contributed by atoms with Crippen LogP contribution in [0.2, 0.25) is 0 Å². The lowest BCUT2D eigenvalue weighted by Crippen LogP contribution is -2.08. The van der Waals surface area contributed by atoms with Crippen molar-refractivity contribution in [2.75, 3.05) is 0 Å². The Morgan fingerprint density at radius 1 is 1.45 bits per heavy atom. The monoisotopic (exact) mass is 382 g/mol. The summed E-state index contributed by atoms with van der Waals surface area (Å²) in [5.74, 6) is -0.0707. The number of rotatable bonds is 3. The number of hydrogen-bond acceptors (Lipinski definition) is 3. The van der Waals surface area contributed by atoms with Crippen molar-refractivity contribution in [2.24, 2.45) is 5.92 Å². The van der Waals surface area contributed by atoms with Crippen LogP contribution in [0.3, 0.4) is 0 Å². The molecule has 5 heteroatoms. The molecule has 0 bridgehead atoms. The van der Waals surface area contributed by atoms with E-state index in [9.17, 15) is 9.18 Å². The molecule has 3 rings (SSSR count). The van der Waals surface area contributed by atoms with Crippen LogP contribution < -0.4 is 0 Å². The van der Waals surface area contributed by atoms with Crippen molar-refractivity contribution in [1.29, 1.82) is 0 Å². The highest BCUT2D eigenvalue weighted by Gasteiger charge is 2.21. The fourth-order valence-electron chi connectivity index (χ4n) is 2.66. The zero-order valence-electron chi connectivity index (χ0n) is 12.2. The Hall–Kier alpha value is -1.20. The quantitative estimate of drug-likeness (QED) is 0.687. The number of carbonyl (C=O) groups excluding carboxylic acids is 1. The average Bonchev–Trinajstić information content (AvgIpc) is 2.89. The third-order valence-electron chi connectivity index (χ3n) is 3.90. The van der Waals surface area contributed by atoms with Gasteiger partial charge in [0.05, 0.1) is 0 Å². The first-order valence-electron chi connectivity index (χ1n) is 7.25. The molecule has 1 atom stereocenters. The zero-order valence-corrected chi connectivity index (χ0v) is 14.6. The van der Waals surface area contributed by atoms with E-state index in [0.29, 0.717) is 20.8 Å². The number of benzene rings is 1. The first-order chi connectivity index (χ1) is 10.5. The Bertz CT molecular complexity index is 711. The molecule has 0 radical (unpaired) electrons. The van der Waals surface area contributed by atoms with E-state index >= 15 is 0 Å². The third kappa shape index (κ3) is 3.41. The maximum absolute atomic E-state index is 13.7. The van der Waals surface area contributed by atoms with Crippen LogP contribution in [0.4, 0.5) is 4.39 Å². The van der Waals surface area contributed by atoms with Gasteiger partial charge in [-0.05, 0) is 48.9 Å². The Labute approximate surface area is 141 Å². The number of aryl methyl sites for hydroxylation is 1. The first kappa shape index (κ1) is 15.7. The molecule has 1 aliphatic rings. The number of ether oxygens (including phenoxy) is 1. The van der Waals surface area contributed by atoms with E-state index < -0.39 is 0 Å². The molecule has 1 aromatic heterocycles. The molecule has 0 unspecified atom stereocenters. The summed E-state index contributed by atoms with van der Waals surface area (Å²) in [5.41, 5.74) is 1.65. The predicted octanol–water partition coefficient (Wildman–Crippen LogP) is 5.13. The van der Waals surface area contributed by atoms with Crippen LogP contribution >= 0.6 is 27.3 Å². The van der Waals surface area contributed by atoms with E-state index in [1.807, 2.05) is 6.07 Å². The standard InChI is InChI=1S/C17H16BrFO2S/c1-10-2-5-15-12(6-10)7-16(22-15)17(20)21-9-11-3-4-13(18)8-14(11)19/h3-4,7-8,10H,2,5-6,9H2,1H3/t10-/m1/s1. The van der Waals surface area contributed by atoms with Crippen molar-refractivity contribution < 1.29 is 13.9 Å². The second kappa shape index (κ2) is 6.50. The highest BCUT2D eigenvalue weighted by atomic mass is 79.9. The summed E-state index contributed by atoms with van der Waals surface area (Å²) in [6.07, 6.45) is 3.24. The van der Waals surface area contributed by atoms with E-state index in [1.54, 1.807) is 12.1 Å². The van der Waals surface area contributed by atoms with Crippen molar-refractivity contribution in [1.82, 2.24) is 0 Å². The van der Waals surface area contributed by atoms with Crippen LogP contribution in [0.15, 0.2) is 28.7 Å². The van der Waals surface area contributed by atoms with Crippen LogP contribution in [0.5, 0.6) is 0 Å². The minimum Gasteiger partial charge on any atom is -0.457 e. The Morgan fingerprint density at radius 2 is 2.27 bits per heavy atom. The molecule has 1 aromatic carbocycles. The van der Waals surface area contributed by atoms with Crippen molar-refractivity contribution in [3.63, 3.8) is 0 Å². The van der Waals surface area contributed by atoms with Gasteiger partial charge in [0.15, 0.2) is 0 Å². The number of thiophene rings is 1. The summed E-state index contributed by atoms with van der Waals surface area (Å²) in [6.45, 7) is 2.19. The number of esters is 1. The van der Waals surface area contributed by atoms with E-state index in [-0.39, 0.29) is 18.4 Å². The van der Waals surface area contributed by atoms with E-state index in [4.69, 9.17) is 4.74 Å². The summed E-state index contributed by atoms with van der Waals surface area (Å²) >= 11 is 4.72. The van der Waals surface area contributed by atoms with Crippen LogP contribution in [0.1, 0.15) is 39.0 Å². The maximum Gasteiger partial charge on any atom is 0.348 e. The molecule has 116 valence electrons. The molecule has 0 spiro atoms. The van der Waals surface area contributed by atoms with Gasteiger partial charge in [-0.25, -0.2) is 9.18 Å². The van der Waals surface area contributed by atoms with Gasteiger partial charge in [0.2, 0.25) is 0 Å². The van der Waals surface area contributed by atoms with Crippen LogP contribution in [0, 0.1) is 11.7 Å². The maximum atomic E-state index is 13.7.